The van der Waals surface area contributed by atoms with Crippen LogP contribution in [0.3, 0.4) is 0 Å². The first-order chi connectivity index (χ1) is 5.16. The molecule has 0 aromatic rings. The molecule has 11 heavy (non-hydrogen) atoms. The average Bonchev–Trinajstić information content (AvgIpc) is 1.86. The molecule has 2 heteroatoms. The van der Waals surface area contributed by atoms with E-state index in [1.165, 1.54) is 12.0 Å². The molecule has 0 aromatic heterocycles. The van der Waals surface area contributed by atoms with Crippen LogP contribution in [0.15, 0.2) is 12.2 Å². The Labute approximate surface area is 70.3 Å². The minimum atomic E-state index is 0.950. The summed E-state index contributed by atoms with van der Waals surface area (Å²) in [5.74, 6) is 0. The van der Waals surface area contributed by atoms with Gasteiger partial charge in [-0.25, -0.2) is 0 Å². The van der Waals surface area contributed by atoms with Crippen molar-refractivity contribution in [3.05, 3.63) is 12.2 Å². The average molecular weight is 156 g/mol. The van der Waals surface area contributed by atoms with E-state index in [4.69, 9.17) is 0 Å². The van der Waals surface area contributed by atoms with Gasteiger partial charge in [0.1, 0.15) is 0 Å². The topological polar surface area (TPSA) is 15.3 Å². The van der Waals surface area contributed by atoms with Crippen molar-refractivity contribution in [2.75, 3.05) is 33.7 Å². The molecule has 0 radical (unpaired) electrons. The van der Waals surface area contributed by atoms with Gasteiger partial charge in [0.05, 0.1) is 0 Å². The van der Waals surface area contributed by atoms with Crippen LogP contribution in [0.4, 0.5) is 0 Å². The van der Waals surface area contributed by atoms with E-state index in [9.17, 15) is 0 Å². The smallest absolute Gasteiger partial charge is 0.0196 e. The Balaban J connectivity index is 3.23. The molecule has 0 rings (SSSR count). The SMILES string of the molecule is C=C(CNCCC)CN(C)C. The summed E-state index contributed by atoms with van der Waals surface area (Å²) in [7, 11) is 4.12. The predicted molar refractivity (Wildman–Crippen MR) is 50.9 cm³/mol. The van der Waals surface area contributed by atoms with Crippen molar-refractivity contribution in [3.8, 4) is 0 Å². The lowest BCUT2D eigenvalue weighted by molar-refractivity contribution is 0.439. The van der Waals surface area contributed by atoms with Crippen LogP contribution in [0, 0.1) is 0 Å². The highest BCUT2D eigenvalue weighted by atomic mass is 15.1. The molecule has 1 N–H and O–H groups in total. The first-order valence-electron chi connectivity index (χ1n) is 4.19. The third-order valence-corrected chi connectivity index (χ3v) is 1.34. The summed E-state index contributed by atoms with van der Waals surface area (Å²) in [5.41, 5.74) is 1.25. The van der Waals surface area contributed by atoms with E-state index >= 15 is 0 Å². The van der Waals surface area contributed by atoms with Crippen LogP contribution in [0.1, 0.15) is 13.3 Å². The molecule has 0 aliphatic carbocycles. The van der Waals surface area contributed by atoms with Crippen molar-refractivity contribution in [1.29, 1.82) is 0 Å². The second-order valence-electron chi connectivity index (χ2n) is 3.16. The fourth-order valence-corrected chi connectivity index (χ4v) is 0.945. The molecule has 0 atom stereocenters. The molecule has 0 spiro atoms. The first kappa shape index (κ1) is 10.7. The Kier molecular flexibility index (Phi) is 6.18. The molecule has 0 heterocycles. The van der Waals surface area contributed by atoms with Crippen molar-refractivity contribution in [2.24, 2.45) is 0 Å². The molecule has 0 aliphatic rings. The maximum atomic E-state index is 3.96. The molecule has 0 saturated heterocycles. The van der Waals surface area contributed by atoms with Gasteiger partial charge in [0, 0.05) is 13.1 Å². The highest BCUT2D eigenvalue weighted by Crippen LogP contribution is 1.89. The second-order valence-corrected chi connectivity index (χ2v) is 3.16. The predicted octanol–water partition coefficient (Wildman–Crippen LogP) is 1.10. The molecule has 0 amide bonds. The van der Waals surface area contributed by atoms with E-state index in [2.05, 4.69) is 37.8 Å². The Hall–Kier alpha value is -0.340. The molecular formula is C9H20N2. The van der Waals surface area contributed by atoms with E-state index < -0.39 is 0 Å². The lowest BCUT2D eigenvalue weighted by Crippen LogP contribution is -2.23. The van der Waals surface area contributed by atoms with E-state index in [0.29, 0.717) is 0 Å². The zero-order valence-corrected chi connectivity index (χ0v) is 7.98. The minimum absolute atomic E-state index is 0.950. The van der Waals surface area contributed by atoms with Crippen LogP contribution in [0.25, 0.3) is 0 Å². The normalized spacial score (nSPS) is 10.5. The fraction of sp³-hybridized carbons (Fsp3) is 0.778. The monoisotopic (exact) mass is 156 g/mol. The minimum Gasteiger partial charge on any atom is -0.313 e. The van der Waals surface area contributed by atoms with Gasteiger partial charge in [-0.2, -0.15) is 0 Å². The van der Waals surface area contributed by atoms with E-state index in [1.54, 1.807) is 0 Å². The number of nitrogens with one attached hydrogen (secondary N) is 1. The zero-order chi connectivity index (χ0) is 8.69. The van der Waals surface area contributed by atoms with Crippen LogP contribution >= 0.6 is 0 Å². The third kappa shape index (κ3) is 7.56. The van der Waals surface area contributed by atoms with E-state index in [1.807, 2.05) is 0 Å². The highest BCUT2D eigenvalue weighted by molar-refractivity contribution is 4.98. The number of hydrogen-bond donors (Lipinski definition) is 1. The Morgan fingerprint density at radius 2 is 2.09 bits per heavy atom. The van der Waals surface area contributed by atoms with Crippen LogP contribution in [0.5, 0.6) is 0 Å². The van der Waals surface area contributed by atoms with Crippen molar-refractivity contribution < 1.29 is 0 Å². The van der Waals surface area contributed by atoms with Gasteiger partial charge in [-0.05, 0) is 32.6 Å². The summed E-state index contributed by atoms with van der Waals surface area (Å²) in [6, 6.07) is 0. The molecule has 0 aromatic carbocycles. The summed E-state index contributed by atoms with van der Waals surface area (Å²) in [5, 5.41) is 3.31. The summed E-state index contributed by atoms with van der Waals surface area (Å²) in [6.07, 6.45) is 1.19. The van der Waals surface area contributed by atoms with E-state index in [-0.39, 0.29) is 0 Å². The lowest BCUT2D eigenvalue weighted by Gasteiger charge is -2.12. The number of likely N-dealkylation sites (N-methyl/N-ethyl adjacent to an activating group) is 1. The standard InChI is InChI=1S/C9H20N2/c1-5-6-10-7-9(2)8-11(3)4/h10H,2,5-8H2,1,3-4H3. The van der Waals surface area contributed by atoms with Crippen LogP contribution in [0.2, 0.25) is 0 Å². The quantitative estimate of drug-likeness (QED) is 0.458. The molecule has 2 nitrogen and oxygen atoms in total. The number of nitrogens with zero attached hydrogens (tertiary/aromatic N) is 1. The van der Waals surface area contributed by atoms with Crippen molar-refractivity contribution >= 4 is 0 Å². The zero-order valence-electron chi connectivity index (χ0n) is 7.98. The largest absolute Gasteiger partial charge is 0.313 e. The summed E-state index contributed by atoms with van der Waals surface area (Å²) >= 11 is 0. The molecule has 0 fully saturated rings. The van der Waals surface area contributed by atoms with Crippen LogP contribution < -0.4 is 5.32 Å². The van der Waals surface area contributed by atoms with Gasteiger partial charge in [-0.15, -0.1) is 0 Å². The Morgan fingerprint density at radius 1 is 1.45 bits per heavy atom. The van der Waals surface area contributed by atoms with Gasteiger partial charge < -0.3 is 10.2 Å². The number of hydrogen-bond acceptors (Lipinski definition) is 2. The maximum Gasteiger partial charge on any atom is 0.0196 e. The van der Waals surface area contributed by atoms with Gasteiger partial charge in [0.15, 0.2) is 0 Å². The summed E-state index contributed by atoms with van der Waals surface area (Å²) in [4.78, 5) is 2.13. The number of rotatable bonds is 6. The van der Waals surface area contributed by atoms with Gasteiger partial charge in [0.2, 0.25) is 0 Å². The van der Waals surface area contributed by atoms with Crippen molar-refractivity contribution in [1.82, 2.24) is 10.2 Å². The van der Waals surface area contributed by atoms with Gasteiger partial charge in [-0.1, -0.05) is 13.5 Å². The molecule has 0 bridgehead atoms. The van der Waals surface area contributed by atoms with Crippen LogP contribution in [-0.2, 0) is 0 Å². The van der Waals surface area contributed by atoms with Gasteiger partial charge in [0.25, 0.3) is 0 Å². The molecule has 66 valence electrons. The highest BCUT2D eigenvalue weighted by Gasteiger charge is 1.94. The maximum absolute atomic E-state index is 3.96. The second kappa shape index (κ2) is 6.38. The summed E-state index contributed by atoms with van der Waals surface area (Å²) < 4.78 is 0. The Bertz CT molecular complexity index is 108. The van der Waals surface area contributed by atoms with Crippen LogP contribution in [-0.4, -0.2) is 38.6 Å². The fourth-order valence-electron chi connectivity index (χ4n) is 0.945. The first-order valence-corrected chi connectivity index (χ1v) is 4.19. The third-order valence-electron chi connectivity index (χ3n) is 1.34. The molecule has 0 unspecified atom stereocenters. The Morgan fingerprint density at radius 3 is 2.55 bits per heavy atom. The van der Waals surface area contributed by atoms with Crippen molar-refractivity contribution in [3.63, 3.8) is 0 Å². The molecule has 0 saturated carbocycles. The lowest BCUT2D eigenvalue weighted by atomic mass is 10.3. The van der Waals surface area contributed by atoms with Crippen molar-refractivity contribution in [2.45, 2.75) is 13.3 Å². The summed E-state index contributed by atoms with van der Waals surface area (Å²) in [6.45, 7) is 9.15. The van der Waals surface area contributed by atoms with Gasteiger partial charge in [-0.3, -0.25) is 0 Å². The van der Waals surface area contributed by atoms with E-state index in [0.717, 1.165) is 19.6 Å². The molecule has 0 aliphatic heterocycles. The molecular weight excluding hydrogens is 136 g/mol. The van der Waals surface area contributed by atoms with Gasteiger partial charge >= 0.3 is 0 Å².